The number of imide groups is 1. The maximum Gasteiger partial charge on any atom is 0.469 e. The van der Waals surface area contributed by atoms with Crippen molar-refractivity contribution in [3.05, 3.63) is 24.3 Å². The van der Waals surface area contributed by atoms with Crippen LogP contribution in [0.3, 0.4) is 0 Å². The summed E-state index contributed by atoms with van der Waals surface area (Å²) in [7, 11) is -4.61. The fourth-order valence-electron chi connectivity index (χ4n) is 6.39. The molecule has 1 aromatic carbocycles. The van der Waals surface area contributed by atoms with E-state index in [4.69, 9.17) is 19.0 Å². The van der Waals surface area contributed by atoms with E-state index in [0.717, 1.165) is 57.0 Å². The molecule has 2 saturated carbocycles. The van der Waals surface area contributed by atoms with Crippen molar-refractivity contribution >= 4 is 25.3 Å². The topological polar surface area (TPSA) is 120 Å². The predicted octanol–water partition coefficient (Wildman–Crippen LogP) is 2.78. The fourth-order valence-corrected chi connectivity index (χ4v) is 6.97. The summed E-state index contributed by atoms with van der Waals surface area (Å²) in [5.41, 5.74) is 1.16. The molecule has 0 spiro atoms. The minimum absolute atomic E-state index is 0.145. The Kier molecular flexibility index (Phi) is 8.22. The molecule has 0 bridgehead atoms. The Balaban J connectivity index is 1.08. The van der Waals surface area contributed by atoms with Crippen molar-refractivity contribution in [3.8, 4) is 5.75 Å². The van der Waals surface area contributed by atoms with Gasteiger partial charge in [0.15, 0.2) is 0 Å². The number of fused-ring (bicyclic) bond motifs is 1. The van der Waals surface area contributed by atoms with E-state index in [1.165, 1.54) is 17.7 Å². The summed E-state index contributed by atoms with van der Waals surface area (Å²) >= 11 is 0. The Morgan fingerprint density at radius 1 is 0.865 bits per heavy atom. The van der Waals surface area contributed by atoms with Gasteiger partial charge in [0.1, 0.15) is 5.75 Å². The number of carbonyl (C=O) groups excluding carboxylic acids is 2. The number of benzene rings is 1. The number of carbonyl (C=O) groups is 2. The second kappa shape index (κ2) is 11.4. The summed E-state index contributed by atoms with van der Waals surface area (Å²) in [6.07, 6.45) is 6.07. The summed E-state index contributed by atoms with van der Waals surface area (Å²) in [4.78, 5) is 50.1. The van der Waals surface area contributed by atoms with Crippen LogP contribution in [0.4, 0.5) is 5.69 Å². The molecule has 2 aliphatic carbocycles. The van der Waals surface area contributed by atoms with E-state index in [1.54, 1.807) is 0 Å². The van der Waals surface area contributed by atoms with Crippen molar-refractivity contribution in [2.45, 2.75) is 63.6 Å². The van der Waals surface area contributed by atoms with E-state index in [9.17, 15) is 14.2 Å². The molecule has 2 N–H and O–H groups in total. The lowest BCUT2D eigenvalue weighted by atomic mass is 9.80. The number of ether oxygens (including phenoxy) is 1. The smallest absolute Gasteiger partial charge is 0.469 e. The zero-order valence-corrected chi connectivity index (χ0v) is 22.1. The largest absolute Gasteiger partial charge is 0.488 e. The first-order valence-electron chi connectivity index (χ1n) is 13.6. The highest BCUT2D eigenvalue weighted by molar-refractivity contribution is 7.46. The van der Waals surface area contributed by atoms with Crippen molar-refractivity contribution in [2.24, 2.45) is 11.8 Å². The first-order valence-corrected chi connectivity index (χ1v) is 15.1. The number of phosphoric ester groups is 1. The zero-order chi connectivity index (χ0) is 26.0. The van der Waals surface area contributed by atoms with E-state index in [-0.39, 0.29) is 24.2 Å². The summed E-state index contributed by atoms with van der Waals surface area (Å²) in [5, 5.41) is 0. The van der Waals surface area contributed by atoms with Gasteiger partial charge < -0.3 is 19.4 Å². The summed E-state index contributed by atoms with van der Waals surface area (Å²) in [6.45, 7) is 4.81. The molecule has 0 radical (unpaired) electrons. The van der Waals surface area contributed by atoms with Gasteiger partial charge in [-0.2, -0.15) is 0 Å². The van der Waals surface area contributed by atoms with E-state index in [1.807, 2.05) is 6.07 Å². The van der Waals surface area contributed by atoms with Crippen molar-refractivity contribution in [1.82, 2.24) is 9.80 Å². The number of anilines is 1. The van der Waals surface area contributed by atoms with Gasteiger partial charge in [-0.05, 0) is 70.0 Å². The molecule has 37 heavy (non-hydrogen) atoms. The third-order valence-electron chi connectivity index (χ3n) is 8.29. The first-order chi connectivity index (χ1) is 17.8. The molecule has 2 aliphatic heterocycles. The van der Waals surface area contributed by atoms with Crippen LogP contribution in [0.15, 0.2) is 24.3 Å². The molecule has 204 valence electrons. The van der Waals surface area contributed by atoms with Crippen LogP contribution >= 0.6 is 7.82 Å². The van der Waals surface area contributed by atoms with Gasteiger partial charge in [-0.1, -0.05) is 12.1 Å². The van der Waals surface area contributed by atoms with Gasteiger partial charge in [0.05, 0.1) is 29.7 Å². The van der Waals surface area contributed by atoms with Crippen LogP contribution in [-0.2, 0) is 18.7 Å². The van der Waals surface area contributed by atoms with Crippen LogP contribution in [0.1, 0.15) is 51.4 Å². The number of piperazine rings is 1. The van der Waals surface area contributed by atoms with Crippen LogP contribution < -0.4 is 9.64 Å². The Morgan fingerprint density at radius 2 is 1.57 bits per heavy atom. The number of hydrogen-bond acceptors (Lipinski definition) is 7. The van der Waals surface area contributed by atoms with Crippen molar-refractivity contribution in [1.29, 1.82) is 0 Å². The normalized spacial score (nSPS) is 27.7. The van der Waals surface area contributed by atoms with Gasteiger partial charge in [-0.15, -0.1) is 0 Å². The fraction of sp³-hybridized carbons (Fsp3) is 0.692. The molecule has 10 nitrogen and oxygen atoms in total. The molecule has 3 unspecified atom stereocenters. The number of likely N-dealkylation sites (tertiary alicyclic amines) is 1. The van der Waals surface area contributed by atoms with E-state index < -0.39 is 19.8 Å². The Morgan fingerprint density at radius 3 is 2.30 bits per heavy atom. The predicted molar refractivity (Wildman–Crippen MR) is 137 cm³/mol. The number of phosphoric acid groups is 1. The van der Waals surface area contributed by atoms with Crippen LogP contribution in [0.25, 0.3) is 0 Å². The lowest BCUT2D eigenvalue weighted by molar-refractivity contribution is -0.140. The Labute approximate surface area is 218 Å². The average Bonchev–Trinajstić information content (AvgIpc) is 3.46. The second-order valence-electron chi connectivity index (χ2n) is 10.7. The van der Waals surface area contributed by atoms with Crippen LogP contribution in [0, 0.1) is 11.8 Å². The standard InChI is InChI=1S/C26H38N3O7P/c30-25-21-11-10-20(36-37(32,33)34)18-22(21)26(31)29(25)13-5-12-27-14-16-28(17-15-27)23-8-3-4-9-24(23)35-19-6-1-2-7-19/h3-4,8-9,19-22H,1-2,5-7,10-18H2,(H2,32,33,34). The summed E-state index contributed by atoms with van der Waals surface area (Å²) in [6, 6.07) is 8.30. The molecular weight excluding hydrogens is 497 g/mol. The van der Waals surface area contributed by atoms with E-state index in [2.05, 4.69) is 28.0 Å². The highest BCUT2D eigenvalue weighted by atomic mass is 31.2. The minimum atomic E-state index is -4.61. The zero-order valence-electron chi connectivity index (χ0n) is 21.2. The first kappa shape index (κ1) is 26.6. The Bertz CT molecular complexity index is 1020. The van der Waals surface area contributed by atoms with Crippen LogP contribution in [0.2, 0.25) is 0 Å². The quantitative estimate of drug-likeness (QED) is 0.363. The monoisotopic (exact) mass is 535 g/mol. The molecule has 4 fully saturated rings. The second-order valence-corrected chi connectivity index (χ2v) is 11.9. The molecule has 4 aliphatic rings. The van der Waals surface area contributed by atoms with Gasteiger partial charge in [0, 0.05) is 32.7 Å². The molecule has 2 saturated heterocycles. The maximum atomic E-state index is 12.9. The molecule has 5 rings (SSSR count). The van der Waals surface area contributed by atoms with Gasteiger partial charge in [0.2, 0.25) is 11.8 Å². The molecule has 1 aromatic rings. The van der Waals surface area contributed by atoms with Gasteiger partial charge in [-0.25, -0.2) is 4.57 Å². The maximum absolute atomic E-state index is 12.9. The minimum Gasteiger partial charge on any atom is -0.488 e. The third-order valence-corrected chi connectivity index (χ3v) is 8.86. The number of nitrogens with zero attached hydrogens (tertiary/aromatic N) is 3. The van der Waals surface area contributed by atoms with Gasteiger partial charge >= 0.3 is 7.82 Å². The molecule has 3 atom stereocenters. The SMILES string of the molecule is O=C1C2CCC(OP(=O)(O)O)CC2C(=O)N1CCCN1CCN(c2ccccc2OC2CCCC2)CC1. The molecule has 11 heteroatoms. The lowest BCUT2D eigenvalue weighted by Gasteiger charge is -2.37. The van der Waals surface area contributed by atoms with Crippen LogP contribution in [-0.4, -0.2) is 82.9 Å². The highest BCUT2D eigenvalue weighted by Gasteiger charge is 2.50. The molecule has 2 amide bonds. The molecule has 0 aromatic heterocycles. The summed E-state index contributed by atoms with van der Waals surface area (Å²) in [5.74, 6) is -0.318. The van der Waals surface area contributed by atoms with Crippen LogP contribution in [0.5, 0.6) is 5.75 Å². The average molecular weight is 536 g/mol. The number of hydrogen-bond donors (Lipinski definition) is 2. The van der Waals surface area contributed by atoms with E-state index in [0.29, 0.717) is 31.9 Å². The molecular formula is C26H38N3O7P. The van der Waals surface area contributed by atoms with Gasteiger partial charge in [-0.3, -0.25) is 23.9 Å². The van der Waals surface area contributed by atoms with E-state index >= 15 is 0 Å². The Hall–Kier alpha value is -1.97. The van der Waals surface area contributed by atoms with Crippen molar-refractivity contribution < 1.29 is 33.2 Å². The van der Waals surface area contributed by atoms with Crippen molar-refractivity contribution in [2.75, 3.05) is 44.2 Å². The summed E-state index contributed by atoms with van der Waals surface area (Å²) < 4.78 is 22.3. The van der Waals surface area contributed by atoms with Crippen molar-refractivity contribution in [3.63, 3.8) is 0 Å². The lowest BCUT2D eigenvalue weighted by Crippen LogP contribution is -2.47. The number of para-hydroxylation sites is 2. The van der Waals surface area contributed by atoms with Gasteiger partial charge in [0.25, 0.3) is 0 Å². The highest BCUT2D eigenvalue weighted by Crippen LogP contribution is 2.45. The molecule has 2 heterocycles. The number of amides is 2. The number of rotatable bonds is 9. The third kappa shape index (κ3) is 6.37.